The van der Waals surface area contributed by atoms with Crippen molar-refractivity contribution in [3.63, 3.8) is 0 Å². The van der Waals surface area contributed by atoms with Crippen LogP contribution in [0.3, 0.4) is 0 Å². The van der Waals surface area contributed by atoms with Crippen LogP contribution in [0.15, 0.2) is 53.6 Å². The second-order valence-electron chi connectivity index (χ2n) is 5.93. The number of aromatic nitrogens is 2. The van der Waals surface area contributed by atoms with Gasteiger partial charge in [-0.2, -0.15) is 5.10 Å². The maximum atomic E-state index is 12.8. The molecule has 1 N–H and O–H groups in total. The minimum absolute atomic E-state index is 0.220. The number of rotatable bonds is 4. The summed E-state index contributed by atoms with van der Waals surface area (Å²) in [5, 5.41) is 4.89. The van der Waals surface area contributed by atoms with Crippen molar-refractivity contribution in [3.05, 3.63) is 64.8 Å². The Kier molecular flexibility index (Phi) is 4.58. The molecule has 1 heterocycles. The largest absolute Gasteiger partial charge is 0.280 e. The highest BCUT2D eigenvalue weighted by atomic mass is 35.5. The highest BCUT2D eigenvalue weighted by molar-refractivity contribution is 7.92. The topological polar surface area (TPSA) is 64.0 Å². The lowest BCUT2D eigenvalue weighted by atomic mass is 10.1. The van der Waals surface area contributed by atoms with Crippen molar-refractivity contribution in [2.75, 3.05) is 4.72 Å². The summed E-state index contributed by atoms with van der Waals surface area (Å²) >= 11 is 6.06. The molecule has 0 aliphatic heterocycles. The average Bonchev–Trinajstić information content (AvgIpc) is 2.97. The Balaban J connectivity index is 1.95. The quantitative estimate of drug-likeness (QED) is 0.744. The maximum absolute atomic E-state index is 12.8. The Morgan fingerprint density at radius 3 is 2.52 bits per heavy atom. The van der Waals surface area contributed by atoms with Crippen molar-refractivity contribution in [3.8, 4) is 11.3 Å². The van der Waals surface area contributed by atoms with Gasteiger partial charge in [0.2, 0.25) is 0 Å². The smallest absolute Gasteiger partial charge is 0.262 e. The molecule has 0 fully saturated rings. The molecule has 0 amide bonds. The van der Waals surface area contributed by atoms with Crippen molar-refractivity contribution < 1.29 is 8.42 Å². The van der Waals surface area contributed by atoms with Crippen molar-refractivity contribution in [1.82, 2.24) is 9.78 Å². The molecule has 130 valence electrons. The molecule has 0 bridgehead atoms. The van der Waals surface area contributed by atoms with Crippen molar-refractivity contribution in [1.29, 1.82) is 0 Å². The molecule has 0 aliphatic carbocycles. The molecule has 5 nitrogen and oxygen atoms in total. The van der Waals surface area contributed by atoms with E-state index in [1.807, 2.05) is 25.4 Å². The molecule has 0 saturated heterocycles. The van der Waals surface area contributed by atoms with E-state index in [9.17, 15) is 8.42 Å². The van der Waals surface area contributed by atoms with Crippen LogP contribution in [0.5, 0.6) is 0 Å². The molecule has 2 aromatic carbocycles. The predicted molar refractivity (Wildman–Crippen MR) is 100 cm³/mol. The van der Waals surface area contributed by atoms with Crippen LogP contribution in [-0.2, 0) is 17.1 Å². The van der Waals surface area contributed by atoms with E-state index in [-0.39, 0.29) is 4.90 Å². The summed E-state index contributed by atoms with van der Waals surface area (Å²) in [4.78, 5) is 0.220. The van der Waals surface area contributed by atoms with Gasteiger partial charge in [-0.15, -0.1) is 0 Å². The van der Waals surface area contributed by atoms with E-state index >= 15 is 0 Å². The fraction of sp³-hybridized carbons (Fsp3) is 0.167. The van der Waals surface area contributed by atoms with E-state index in [1.54, 1.807) is 48.9 Å². The minimum Gasteiger partial charge on any atom is -0.280 e. The van der Waals surface area contributed by atoms with Gasteiger partial charge in [-0.05, 0) is 55.3 Å². The standard InChI is InChI=1S/C18H18ClN3O2S/c1-12-10-18(13(2)9-16(12)19)25(23,24)21-15-6-4-5-14(11-15)17-7-8-22(3)20-17/h4-11,21H,1-3H3. The van der Waals surface area contributed by atoms with E-state index in [0.717, 1.165) is 16.8 Å². The molecular weight excluding hydrogens is 358 g/mol. The van der Waals surface area contributed by atoms with Crippen LogP contribution in [-0.4, -0.2) is 18.2 Å². The zero-order chi connectivity index (χ0) is 18.2. The number of hydrogen-bond donors (Lipinski definition) is 1. The number of benzene rings is 2. The van der Waals surface area contributed by atoms with Gasteiger partial charge in [0.15, 0.2) is 0 Å². The van der Waals surface area contributed by atoms with Crippen LogP contribution in [0.2, 0.25) is 5.02 Å². The lowest BCUT2D eigenvalue weighted by Gasteiger charge is -2.12. The molecule has 3 aromatic rings. The highest BCUT2D eigenvalue weighted by Crippen LogP contribution is 2.27. The number of sulfonamides is 1. The molecule has 0 aliphatic rings. The first-order valence-corrected chi connectivity index (χ1v) is 9.52. The summed E-state index contributed by atoms with van der Waals surface area (Å²) in [7, 11) is -1.88. The summed E-state index contributed by atoms with van der Waals surface area (Å²) in [6.07, 6.45) is 1.84. The number of nitrogens with zero attached hydrogens (tertiary/aromatic N) is 2. The van der Waals surface area contributed by atoms with E-state index in [1.165, 1.54) is 0 Å². The van der Waals surface area contributed by atoms with Gasteiger partial charge in [-0.3, -0.25) is 9.40 Å². The molecule has 3 rings (SSSR count). The Labute approximate surface area is 152 Å². The van der Waals surface area contributed by atoms with Crippen LogP contribution in [0.1, 0.15) is 11.1 Å². The molecule has 0 saturated carbocycles. The summed E-state index contributed by atoms with van der Waals surface area (Å²) in [6, 6.07) is 12.3. The van der Waals surface area contributed by atoms with Gasteiger partial charge < -0.3 is 0 Å². The Bertz CT molecular complexity index is 1040. The lowest BCUT2D eigenvalue weighted by molar-refractivity contribution is 0.600. The number of anilines is 1. The third kappa shape index (κ3) is 3.70. The summed E-state index contributed by atoms with van der Waals surface area (Å²) in [5.41, 5.74) is 3.42. The monoisotopic (exact) mass is 375 g/mol. The third-order valence-electron chi connectivity index (χ3n) is 3.87. The van der Waals surface area contributed by atoms with Crippen molar-refractivity contribution in [2.24, 2.45) is 7.05 Å². The Morgan fingerprint density at radius 1 is 1.08 bits per heavy atom. The summed E-state index contributed by atoms with van der Waals surface area (Å²) in [6.45, 7) is 3.51. The average molecular weight is 376 g/mol. The van der Waals surface area contributed by atoms with Crippen LogP contribution in [0.4, 0.5) is 5.69 Å². The first kappa shape index (κ1) is 17.5. The van der Waals surface area contributed by atoms with Gasteiger partial charge >= 0.3 is 0 Å². The lowest BCUT2D eigenvalue weighted by Crippen LogP contribution is -2.14. The van der Waals surface area contributed by atoms with Crippen LogP contribution < -0.4 is 4.72 Å². The summed E-state index contributed by atoms with van der Waals surface area (Å²) < 4.78 is 29.9. The Morgan fingerprint density at radius 2 is 1.84 bits per heavy atom. The maximum Gasteiger partial charge on any atom is 0.262 e. The number of halogens is 1. The van der Waals surface area contributed by atoms with E-state index in [0.29, 0.717) is 16.3 Å². The molecule has 25 heavy (non-hydrogen) atoms. The predicted octanol–water partition coefficient (Wildman–Crippen LogP) is 4.16. The molecule has 1 aromatic heterocycles. The number of nitrogens with one attached hydrogen (secondary N) is 1. The van der Waals surface area contributed by atoms with E-state index < -0.39 is 10.0 Å². The van der Waals surface area contributed by atoms with E-state index in [4.69, 9.17) is 11.6 Å². The normalized spacial score (nSPS) is 11.5. The van der Waals surface area contributed by atoms with Gasteiger partial charge in [0.05, 0.1) is 10.6 Å². The fourth-order valence-electron chi connectivity index (χ4n) is 2.57. The third-order valence-corrected chi connectivity index (χ3v) is 5.80. The molecule has 0 unspecified atom stereocenters. The number of hydrogen-bond acceptors (Lipinski definition) is 3. The number of aryl methyl sites for hydroxylation is 3. The van der Waals surface area contributed by atoms with Gasteiger partial charge in [-0.1, -0.05) is 23.7 Å². The Hall–Kier alpha value is -2.31. The van der Waals surface area contributed by atoms with Crippen LogP contribution in [0, 0.1) is 13.8 Å². The minimum atomic E-state index is -3.71. The molecule has 7 heteroatoms. The second-order valence-corrected chi connectivity index (χ2v) is 7.99. The SMILES string of the molecule is Cc1cc(S(=O)(=O)Nc2cccc(-c3ccn(C)n3)c2)c(C)cc1Cl. The molecular formula is C18H18ClN3O2S. The fourth-order valence-corrected chi connectivity index (χ4v) is 4.15. The van der Waals surface area contributed by atoms with Gasteiger partial charge in [0, 0.05) is 29.5 Å². The second kappa shape index (κ2) is 6.54. The van der Waals surface area contributed by atoms with Crippen LogP contribution in [0.25, 0.3) is 11.3 Å². The van der Waals surface area contributed by atoms with Crippen LogP contribution >= 0.6 is 11.6 Å². The van der Waals surface area contributed by atoms with Crippen molar-refractivity contribution >= 4 is 27.3 Å². The van der Waals surface area contributed by atoms with Gasteiger partial charge in [-0.25, -0.2) is 8.42 Å². The molecule has 0 spiro atoms. The van der Waals surface area contributed by atoms with Gasteiger partial charge in [0.25, 0.3) is 10.0 Å². The van der Waals surface area contributed by atoms with E-state index in [2.05, 4.69) is 9.82 Å². The van der Waals surface area contributed by atoms with Crippen molar-refractivity contribution in [2.45, 2.75) is 18.7 Å². The zero-order valence-electron chi connectivity index (χ0n) is 14.1. The molecule has 0 atom stereocenters. The highest BCUT2D eigenvalue weighted by Gasteiger charge is 2.18. The summed E-state index contributed by atoms with van der Waals surface area (Å²) in [5.74, 6) is 0. The molecule has 0 radical (unpaired) electrons. The van der Waals surface area contributed by atoms with Gasteiger partial charge in [0.1, 0.15) is 0 Å². The first-order chi connectivity index (χ1) is 11.8. The first-order valence-electron chi connectivity index (χ1n) is 7.66. The zero-order valence-corrected chi connectivity index (χ0v) is 15.7.